The van der Waals surface area contributed by atoms with Gasteiger partial charge in [-0.3, -0.25) is 9.59 Å². The van der Waals surface area contributed by atoms with Gasteiger partial charge in [-0.15, -0.1) is 0 Å². The molecule has 3 atom stereocenters. The first-order chi connectivity index (χ1) is 24.4. The van der Waals surface area contributed by atoms with Crippen LogP contribution in [0.4, 0.5) is 13.6 Å². The fourth-order valence-electron chi connectivity index (χ4n) is 7.12. The maximum Gasteiger partial charge on any atom is 0.407 e. The summed E-state index contributed by atoms with van der Waals surface area (Å²) in [6.07, 6.45) is 6.05. The second kappa shape index (κ2) is 15.0. The van der Waals surface area contributed by atoms with Crippen LogP contribution in [0.1, 0.15) is 83.5 Å². The van der Waals surface area contributed by atoms with Crippen molar-refractivity contribution in [3.8, 4) is 33.6 Å². The molecule has 11 nitrogen and oxygen atoms in total. The van der Waals surface area contributed by atoms with Crippen molar-refractivity contribution in [3.05, 3.63) is 72.1 Å². The number of H-pyrrole nitrogens is 2. The lowest BCUT2D eigenvalue weighted by Gasteiger charge is -2.30. The van der Waals surface area contributed by atoms with Crippen LogP contribution in [-0.2, 0) is 14.3 Å². The summed E-state index contributed by atoms with van der Waals surface area (Å²) in [5, 5.41) is 2.64. The van der Waals surface area contributed by atoms with Crippen molar-refractivity contribution in [3.63, 3.8) is 0 Å². The molecule has 4 heterocycles. The van der Waals surface area contributed by atoms with E-state index in [0.717, 1.165) is 19.3 Å². The average Bonchev–Trinajstić information content (AvgIpc) is 3.92. The number of nitrogens with one attached hydrogen (secondary N) is 3. The van der Waals surface area contributed by atoms with E-state index in [1.165, 1.54) is 19.2 Å². The Labute approximate surface area is 296 Å². The zero-order valence-corrected chi connectivity index (χ0v) is 29.6. The Morgan fingerprint density at radius 1 is 0.843 bits per heavy atom. The Bertz CT molecular complexity index is 1900. The third kappa shape index (κ3) is 7.52. The van der Waals surface area contributed by atoms with E-state index in [1.54, 1.807) is 41.6 Å². The van der Waals surface area contributed by atoms with Crippen molar-refractivity contribution in [2.75, 3.05) is 20.2 Å². The molecule has 0 aliphatic carbocycles. The molecule has 2 aliphatic rings. The first-order valence-electron chi connectivity index (χ1n) is 17.6. The third-order valence-corrected chi connectivity index (χ3v) is 9.76. The lowest BCUT2D eigenvalue weighted by atomic mass is 10.00. The topological polar surface area (TPSA) is 136 Å². The molecular weight excluding hydrogens is 656 g/mol. The van der Waals surface area contributed by atoms with Crippen LogP contribution < -0.4 is 5.32 Å². The number of rotatable bonds is 10. The molecule has 3 amide bonds. The summed E-state index contributed by atoms with van der Waals surface area (Å²) in [5.74, 6) is 0.142. The van der Waals surface area contributed by atoms with Gasteiger partial charge in [0.2, 0.25) is 11.8 Å². The molecule has 0 saturated carbocycles. The molecule has 13 heteroatoms. The first-order valence-corrected chi connectivity index (χ1v) is 17.6. The van der Waals surface area contributed by atoms with Crippen molar-refractivity contribution >= 4 is 17.9 Å². The second-order valence-corrected chi connectivity index (χ2v) is 14.1. The Hall–Kier alpha value is -5.07. The van der Waals surface area contributed by atoms with Crippen LogP contribution in [0.5, 0.6) is 0 Å². The number of methoxy groups -OCH3 is 1. The van der Waals surface area contributed by atoms with E-state index >= 15 is 8.78 Å². The summed E-state index contributed by atoms with van der Waals surface area (Å²) < 4.78 is 35.9. The molecule has 270 valence electrons. The molecule has 0 spiro atoms. The highest BCUT2D eigenvalue weighted by Gasteiger charge is 2.38. The van der Waals surface area contributed by atoms with E-state index in [0.29, 0.717) is 65.7 Å². The normalized spacial score (nSPS) is 18.1. The standard InChI is InChI=1S/C38H45F2N7O4/c1-21(2)16-33(48)46-14-6-8-31(46)35-41-19-29(43-35)25-12-10-23(17-27(25)39)24-11-13-26(28(40)18-24)30-20-42-36(44-30)32-9-7-15-47(32)37(49)34(22(3)4)45-38(50)51-5/h10-13,17-22,31-32,34H,6-9,14-16H2,1-5H3,(H,41,43)(H,42,44)(H,45,50)/t31-,32-,34-/m0/s1. The summed E-state index contributed by atoms with van der Waals surface area (Å²) in [6.45, 7) is 8.93. The minimum Gasteiger partial charge on any atom is -0.453 e. The SMILES string of the molecule is COC(=O)N[C@H](C(=O)N1CCC[C@H]1c1ncc(-c2ccc(-c3ccc(-c4cnc([C@@H]5CCCN5C(=O)CC(C)C)[nH]4)c(F)c3)cc2F)[nH]1)C(C)C. The first kappa shape index (κ1) is 35.7. The van der Waals surface area contributed by atoms with Gasteiger partial charge in [-0.2, -0.15) is 0 Å². The number of imidazole rings is 2. The monoisotopic (exact) mass is 701 g/mol. The lowest BCUT2D eigenvalue weighted by molar-refractivity contribution is -0.135. The predicted octanol–water partition coefficient (Wildman–Crippen LogP) is 7.17. The lowest BCUT2D eigenvalue weighted by Crippen LogP contribution is -2.51. The minimum absolute atomic E-state index is 0.103. The number of hydrogen-bond acceptors (Lipinski definition) is 6. The third-order valence-electron chi connectivity index (χ3n) is 9.76. The molecule has 51 heavy (non-hydrogen) atoms. The Morgan fingerprint density at radius 3 is 1.82 bits per heavy atom. The number of hydrogen-bond donors (Lipinski definition) is 3. The molecule has 6 rings (SSSR count). The Balaban J connectivity index is 1.16. The summed E-state index contributed by atoms with van der Waals surface area (Å²) in [5.41, 5.74) is 2.59. The van der Waals surface area contributed by atoms with E-state index in [1.807, 2.05) is 32.6 Å². The largest absolute Gasteiger partial charge is 0.453 e. The quantitative estimate of drug-likeness (QED) is 0.161. The molecule has 2 aliphatic heterocycles. The van der Waals surface area contributed by atoms with Crippen LogP contribution in [0.15, 0.2) is 48.8 Å². The number of benzene rings is 2. The van der Waals surface area contributed by atoms with Crippen LogP contribution in [-0.4, -0.2) is 73.9 Å². The van der Waals surface area contributed by atoms with Crippen molar-refractivity contribution in [1.82, 2.24) is 35.1 Å². The van der Waals surface area contributed by atoms with E-state index in [2.05, 4.69) is 25.3 Å². The highest BCUT2D eigenvalue weighted by Crippen LogP contribution is 2.36. The average molecular weight is 702 g/mol. The molecule has 2 saturated heterocycles. The molecular formula is C38H45F2N7O4. The van der Waals surface area contributed by atoms with Crippen LogP contribution in [0, 0.1) is 23.5 Å². The van der Waals surface area contributed by atoms with Crippen LogP contribution in [0.3, 0.4) is 0 Å². The number of halogens is 2. The number of aromatic amines is 2. The summed E-state index contributed by atoms with van der Waals surface area (Å²) in [6, 6.07) is 8.18. The van der Waals surface area contributed by atoms with Crippen molar-refractivity contribution < 1.29 is 27.9 Å². The number of amides is 3. The number of carbonyl (C=O) groups is 3. The van der Waals surface area contributed by atoms with Crippen LogP contribution in [0.25, 0.3) is 33.6 Å². The van der Waals surface area contributed by atoms with Gasteiger partial charge in [-0.25, -0.2) is 23.5 Å². The number of likely N-dealkylation sites (tertiary alicyclic amines) is 2. The molecule has 3 N–H and O–H groups in total. The van der Waals surface area contributed by atoms with Gasteiger partial charge >= 0.3 is 6.09 Å². The maximum atomic E-state index is 15.6. The van der Waals surface area contributed by atoms with Crippen molar-refractivity contribution in [1.29, 1.82) is 0 Å². The molecule has 2 aromatic carbocycles. The smallest absolute Gasteiger partial charge is 0.407 e. The summed E-state index contributed by atoms with van der Waals surface area (Å²) >= 11 is 0. The van der Waals surface area contributed by atoms with Gasteiger partial charge in [-0.05, 0) is 72.9 Å². The number of alkyl carbamates (subject to hydrolysis) is 1. The number of carbonyl (C=O) groups excluding carboxylic acids is 3. The van der Waals surface area contributed by atoms with Gasteiger partial charge in [-0.1, -0.05) is 39.8 Å². The summed E-state index contributed by atoms with van der Waals surface area (Å²) in [7, 11) is 1.25. The fraction of sp³-hybridized carbons (Fsp3) is 0.447. The highest BCUT2D eigenvalue weighted by atomic mass is 19.1. The molecule has 2 aromatic heterocycles. The van der Waals surface area contributed by atoms with E-state index in [-0.39, 0.29) is 41.3 Å². The van der Waals surface area contributed by atoms with Gasteiger partial charge in [0.1, 0.15) is 29.3 Å². The van der Waals surface area contributed by atoms with Gasteiger partial charge in [0.15, 0.2) is 0 Å². The highest BCUT2D eigenvalue weighted by molar-refractivity contribution is 5.86. The predicted molar refractivity (Wildman–Crippen MR) is 188 cm³/mol. The fourth-order valence-corrected chi connectivity index (χ4v) is 7.12. The Morgan fingerprint density at radius 2 is 1.35 bits per heavy atom. The van der Waals surface area contributed by atoms with Crippen LogP contribution >= 0.6 is 0 Å². The zero-order valence-electron chi connectivity index (χ0n) is 29.6. The van der Waals surface area contributed by atoms with Gasteiger partial charge in [0.05, 0.1) is 43.0 Å². The number of aromatic nitrogens is 4. The van der Waals surface area contributed by atoms with Gasteiger partial charge in [0.25, 0.3) is 0 Å². The second-order valence-electron chi connectivity index (χ2n) is 14.1. The van der Waals surface area contributed by atoms with Gasteiger partial charge < -0.3 is 29.8 Å². The molecule has 2 fully saturated rings. The van der Waals surface area contributed by atoms with E-state index < -0.39 is 23.8 Å². The van der Waals surface area contributed by atoms with Crippen molar-refractivity contribution in [2.24, 2.45) is 11.8 Å². The van der Waals surface area contributed by atoms with Gasteiger partial charge in [0, 0.05) is 30.6 Å². The zero-order chi connectivity index (χ0) is 36.4. The molecule has 4 aromatic rings. The summed E-state index contributed by atoms with van der Waals surface area (Å²) in [4.78, 5) is 57.2. The van der Waals surface area contributed by atoms with E-state index in [4.69, 9.17) is 4.74 Å². The molecule has 0 radical (unpaired) electrons. The minimum atomic E-state index is -0.762. The van der Waals surface area contributed by atoms with Crippen molar-refractivity contribution in [2.45, 2.75) is 77.9 Å². The molecule has 0 unspecified atom stereocenters. The molecule has 0 bridgehead atoms. The van der Waals surface area contributed by atoms with Crippen LogP contribution in [0.2, 0.25) is 0 Å². The number of nitrogens with zero attached hydrogens (tertiary/aromatic N) is 4. The Kier molecular flexibility index (Phi) is 10.5. The maximum absolute atomic E-state index is 15.6. The van der Waals surface area contributed by atoms with E-state index in [9.17, 15) is 14.4 Å². The number of ether oxygens (including phenoxy) is 1.